The molecule has 0 heterocycles. The van der Waals surface area contributed by atoms with Crippen LogP contribution in [0, 0.1) is 28.3 Å². The van der Waals surface area contributed by atoms with Crippen LogP contribution in [-0.2, 0) is 6.42 Å². The summed E-state index contributed by atoms with van der Waals surface area (Å²) in [5, 5.41) is 10.2. The van der Waals surface area contributed by atoms with Gasteiger partial charge in [-0.05, 0) is 6.07 Å². The molecule has 0 radical (unpaired) electrons. The van der Waals surface area contributed by atoms with Gasteiger partial charge in [-0.3, -0.25) is 10.1 Å². The zero-order valence-corrected chi connectivity index (χ0v) is 6.66. The second-order valence-electron chi connectivity index (χ2n) is 2.41. The molecule has 0 saturated heterocycles. The fourth-order valence-corrected chi connectivity index (χ4v) is 0.903. The molecule has 0 unspecified atom stereocenters. The lowest BCUT2D eigenvalue weighted by Crippen LogP contribution is -1.93. The number of hydrogen-bond donors (Lipinski definition) is 0. The summed E-state index contributed by atoms with van der Waals surface area (Å²) in [5.41, 5.74) is 0.0337. The molecule has 3 nitrogen and oxygen atoms in total. The summed E-state index contributed by atoms with van der Waals surface area (Å²) in [6, 6.07) is 3.43. The number of hydrogen-bond acceptors (Lipinski definition) is 2. The molecular weight excluding hydrogens is 173 g/mol. The highest BCUT2D eigenvalue weighted by molar-refractivity contribution is 5.35. The van der Waals surface area contributed by atoms with E-state index in [1.165, 1.54) is 12.1 Å². The first-order valence-electron chi connectivity index (χ1n) is 3.51. The maximum atomic E-state index is 13.0. The number of nitrogens with zero attached hydrogens (tertiary/aromatic N) is 1. The highest BCUT2D eigenvalue weighted by Gasteiger charge is 2.09. The predicted molar refractivity (Wildman–Crippen MR) is 45.6 cm³/mol. The zero-order chi connectivity index (χ0) is 9.84. The number of rotatable bonds is 2. The smallest absolute Gasteiger partial charge is 0.258 e. The highest BCUT2D eigenvalue weighted by atomic mass is 19.1. The zero-order valence-electron chi connectivity index (χ0n) is 6.66. The van der Waals surface area contributed by atoms with Crippen LogP contribution < -0.4 is 0 Å². The largest absolute Gasteiger partial charge is 0.272 e. The standard InChI is InChI=1S/C9H6FNO2/c1-2-3-7-4-5-8(11(12)13)6-9(7)10/h1,4-6H,3H2. The Bertz CT molecular complexity index is 382. The van der Waals surface area contributed by atoms with Gasteiger partial charge in [0, 0.05) is 18.1 Å². The van der Waals surface area contributed by atoms with Crippen LogP contribution in [0.25, 0.3) is 0 Å². The van der Waals surface area contributed by atoms with E-state index in [0.29, 0.717) is 5.56 Å². The Kier molecular flexibility index (Phi) is 2.60. The van der Waals surface area contributed by atoms with E-state index in [0.717, 1.165) is 6.07 Å². The Labute approximate surface area is 74.3 Å². The minimum atomic E-state index is -0.650. The van der Waals surface area contributed by atoms with Crippen molar-refractivity contribution in [3.63, 3.8) is 0 Å². The van der Waals surface area contributed by atoms with Crippen molar-refractivity contribution in [1.82, 2.24) is 0 Å². The lowest BCUT2D eigenvalue weighted by molar-refractivity contribution is -0.385. The van der Waals surface area contributed by atoms with Gasteiger partial charge < -0.3 is 0 Å². The molecular formula is C9H6FNO2. The number of nitro groups is 1. The normalized spacial score (nSPS) is 9.23. The van der Waals surface area contributed by atoms with Crippen LogP contribution in [0.4, 0.5) is 10.1 Å². The van der Waals surface area contributed by atoms with Crippen molar-refractivity contribution >= 4 is 5.69 Å². The van der Waals surface area contributed by atoms with E-state index >= 15 is 0 Å². The molecule has 0 N–H and O–H groups in total. The van der Waals surface area contributed by atoms with Crippen molar-refractivity contribution in [2.75, 3.05) is 0 Å². The summed E-state index contributed by atoms with van der Waals surface area (Å²) < 4.78 is 13.0. The number of benzene rings is 1. The monoisotopic (exact) mass is 179 g/mol. The molecule has 1 rings (SSSR count). The third kappa shape index (κ3) is 2.03. The quantitative estimate of drug-likeness (QED) is 0.395. The highest BCUT2D eigenvalue weighted by Crippen LogP contribution is 2.16. The third-order valence-corrected chi connectivity index (χ3v) is 1.54. The molecule has 1 aromatic rings. The first kappa shape index (κ1) is 9.20. The molecule has 0 saturated carbocycles. The topological polar surface area (TPSA) is 43.1 Å². The first-order valence-corrected chi connectivity index (χ1v) is 3.51. The molecule has 0 fully saturated rings. The Balaban J connectivity index is 3.07. The first-order chi connectivity index (χ1) is 6.15. The molecule has 0 spiro atoms. The SMILES string of the molecule is C#CCc1ccc([N+](=O)[O-])cc1F. The van der Waals surface area contributed by atoms with Crippen molar-refractivity contribution in [2.24, 2.45) is 0 Å². The van der Waals surface area contributed by atoms with E-state index < -0.39 is 10.7 Å². The van der Waals surface area contributed by atoms with Gasteiger partial charge in [0.15, 0.2) is 0 Å². The number of nitro benzene ring substituents is 1. The molecule has 0 aromatic heterocycles. The van der Waals surface area contributed by atoms with Gasteiger partial charge in [0.1, 0.15) is 5.82 Å². The van der Waals surface area contributed by atoms with Gasteiger partial charge in [-0.25, -0.2) is 4.39 Å². The summed E-state index contributed by atoms with van der Waals surface area (Å²) in [6.07, 6.45) is 5.12. The van der Waals surface area contributed by atoms with Crippen LogP contribution in [0.3, 0.4) is 0 Å². The Hall–Kier alpha value is -1.89. The van der Waals surface area contributed by atoms with Gasteiger partial charge in [-0.15, -0.1) is 12.3 Å². The van der Waals surface area contributed by atoms with E-state index in [9.17, 15) is 14.5 Å². The van der Waals surface area contributed by atoms with Crippen LogP contribution in [0.1, 0.15) is 5.56 Å². The van der Waals surface area contributed by atoms with Crippen LogP contribution >= 0.6 is 0 Å². The van der Waals surface area contributed by atoms with Gasteiger partial charge in [-0.2, -0.15) is 0 Å². The second kappa shape index (κ2) is 3.68. The summed E-state index contributed by atoms with van der Waals surface area (Å²) in [7, 11) is 0. The van der Waals surface area contributed by atoms with E-state index in [1.807, 2.05) is 0 Å². The molecule has 0 aliphatic rings. The number of halogens is 1. The van der Waals surface area contributed by atoms with Gasteiger partial charge in [0.2, 0.25) is 0 Å². The van der Waals surface area contributed by atoms with Crippen molar-refractivity contribution in [3.8, 4) is 12.3 Å². The molecule has 0 bridgehead atoms. The van der Waals surface area contributed by atoms with Crippen LogP contribution in [0.5, 0.6) is 0 Å². The second-order valence-corrected chi connectivity index (χ2v) is 2.41. The number of terminal acetylenes is 1. The summed E-state index contributed by atoms with van der Waals surface area (Å²) >= 11 is 0. The molecule has 0 aliphatic carbocycles. The third-order valence-electron chi connectivity index (χ3n) is 1.54. The van der Waals surface area contributed by atoms with Crippen LogP contribution in [0.2, 0.25) is 0 Å². The molecule has 0 amide bonds. The molecule has 4 heteroatoms. The molecule has 0 aliphatic heterocycles. The number of non-ortho nitro benzene ring substituents is 1. The maximum Gasteiger partial charge on any atom is 0.272 e. The maximum absolute atomic E-state index is 13.0. The van der Waals surface area contributed by atoms with Gasteiger partial charge >= 0.3 is 0 Å². The minimum Gasteiger partial charge on any atom is -0.258 e. The lowest BCUT2D eigenvalue weighted by Gasteiger charge is -1.97. The Morgan fingerprint density at radius 3 is 2.77 bits per heavy atom. The Morgan fingerprint density at radius 1 is 1.62 bits per heavy atom. The van der Waals surface area contributed by atoms with E-state index in [2.05, 4.69) is 5.92 Å². The molecule has 13 heavy (non-hydrogen) atoms. The van der Waals surface area contributed by atoms with E-state index in [-0.39, 0.29) is 12.1 Å². The molecule has 66 valence electrons. The fourth-order valence-electron chi connectivity index (χ4n) is 0.903. The van der Waals surface area contributed by atoms with E-state index in [1.54, 1.807) is 0 Å². The fraction of sp³-hybridized carbons (Fsp3) is 0.111. The summed E-state index contributed by atoms with van der Waals surface area (Å²) in [6.45, 7) is 0. The minimum absolute atomic E-state index is 0.143. The van der Waals surface area contributed by atoms with Gasteiger partial charge in [0.05, 0.1) is 11.0 Å². The van der Waals surface area contributed by atoms with Crippen molar-refractivity contribution in [1.29, 1.82) is 0 Å². The molecule has 0 atom stereocenters. The van der Waals surface area contributed by atoms with Crippen LogP contribution in [0.15, 0.2) is 18.2 Å². The average Bonchev–Trinajstić information content (AvgIpc) is 2.08. The van der Waals surface area contributed by atoms with Gasteiger partial charge in [0.25, 0.3) is 5.69 Å². The molecule has 1 aromatic carbocycles. The summed E-state index contributed by atoms with van der Waals surface area (Å²) in [4.78, 5) is 9.57. The van der Waals surface area contributed by atoms with Crippen molar-refractivity contribution < 1.29 is 9.31 Å². The average molecular weight is 179 g/mol. The van der Waals surface area contributed by atoms with Crippen molar-refractivity contribution in [3.05, 3.63) is 39.7 Å². The van der Waals surface area contributed by atoms with Crippen molar-refractivity contribution in [2.45, 2.75) is 6.42 Å². The lowest BCUT2D eigenvalue weighted by atomic mass is 10.1. The summed E-state index contributed by atoms with van der Waals surface area (Å²) in [5.74, 6) is 1.63. The van der Waals surface area contributed by atoms with E-state index in [4.69, 9.17) is 6.42 Å². The predicted octanol–water partition coefficient (Wildman–Crippen LogP) is 1.91. The Morgan fingerprint density at radius 2 is 2.31 bits per heavy atom. The van der Waals surface area contributed by atoms with Crippen LogP contribution in [-0.4, -0.2) is 4.92 Å². The van der Waals surface area contributed by atoms with Gasteiger partial charge in [-0.1, -0.05) is 0 Å².